The lowest BCUT2D eigenvalue weighted by Gasteiger charge is -2.16. The Labute approximate surface area is 85.3 Å². The number of aromatic nitrogens is 2. The minimum Gasteiger partial charge on any atom is -0.486 e. The van der Waals surface area contributed by atoms with E-state index in [2.05, 4.69) is 24.3 Å². The molecule has 0 aliphatic carbocycles. The van der Waals surface area contributed by atoms with Crippen molar-refractivity contribution in [2.75, 3.05) is 13.1 Å². The minimum atomic E-state index is 0.235. The molecule has 1 N–H and O–H groups in total. The second kappa shape index (κ2) is 5.65. The second-order valence-electron chi connectivity index (χ2n) is 3.31. The van der Waals surface area contributed by atoms with Crippen LogP contribution in [0.15, 0.2) is 12.4 Å². The van der Waals surface area contributed by atoms with Crippen LogP contribution >= 0.6 is 0 Å². The molecule has 1 aromatic rings. The fourth-order valence-electron chi connectivity index (χ4n) is 1.23. The number of aryl methyl sites for hydroxylation is 1. The van der Waals surface area contributed by atoms with Crippen LogP contribution in [0.1, 0.15) is 20.3 Å². The monoisotopic (exact) mass is 197 g/mol. The van der Waals surface area contributed by atoms with Gasteiger partial charge in [0.1, 0.15) is 6.10 Å². The van der Waals surface area contributed by atoms with Crippen LogP contribution in [0.3, 0.4) is 0 Å². The van der Waals surface area contributed by atoms with Gasteiger partial charge >= 0.3 is 0 Å². The van der Waals surface area contributed by atoms with Crippen molar-refractivity contribution in [3.05, 3.63) is 12.4 Å². The van der Waals surface area contributed by atoms with Gasteiger partial charge in [0.05, 0.1) is 12.4 Å². The molecule has 1 unspecified atom stereocenters. The quantitative estimate of drug-likeness (QED) is 0.744. The zero-order valence-electron chi connectivity index (χ0n) is 9.16. The van der Waals surface area contributed by atoms with Crippen LogP contribution in [0.4, 0.5) is 0 Å². The maximum Gasteiger partial charge on any atom is 0.157 e. The molecule has 0 spiro atoms. The molecule has 1 rings (SSSR count). The summed E-state index contributed by atoms with van der Waals surface area (Å²) in [6.45, 7) is 6.09. The molecule has 0 fully saturated rings. The third-order valence-electron chi connectivity index (χ3n) is 2.06. The Balaban J connectivity index is 2.40. The molecule has 0 saturated heterocycles. The molecule has 14 heavy (non-hydrogen) atoms. The Bertz CT molecular complexity index is 260. The summed E-state index contributed by atoms with van der Waals surface area (Å²) in [4.78, 5) is 0. The third kappa shape index (κ3) is 3.38. The molecular weight excluding hydrogens is 178 g/mol. The van der Waals surface area contributed by atoms with E-state index in [1.807, 2.05) is 13.2 Å². The first-order chi connectivity index (χ1) is 6.76. The lowest BCUT2D eigenvalue weighted by Crippen LogP contribution is -2.30. The molecule has 0 aromatic carbocycles. The molecule has 80 valence electrons. The Kier molecular flexibility index (Phi) is 4.46. The van der Waals surface area contributed by atoms with Gasteiger partial charge in [-0.2, -0.15) is 5.10 Å². The van der Waals surface area contributed by atoms with E-state index >= 15 is 0 Å². The number of hydrogen-bond acceptors (Lipinski definition) is 3. The smallest absolute Gasteiger partial charge is 0.157 e. The first-order valence-corrected chi connectivity index (χ1v) is 5.12. The van der Waals surface area contributed by atoms with Crippen molar-refractivity contribution in [1.29, 1.82) is 0 Å². The summed E-state index contributed by atoms with van der Waals surface area (Å²) < 4.78 is 7.49. The Morgan fingerprint density at radius 2 is 2.36 bits per heavy atom. The van der Waals surface area contributed by atoms with Gasteiger partial charge in [-0.25, -0.2) is 0 Å². The third-order valence-corrected chi connectivity index (χ3v) is 2.06. The van der Waals surface area contributed by atoms with Crippen molar-refractivity contribution in [3.63, 3.8) is 0 Å². The van der Waals surface area contributed by atoms with Crippen LogP contribution in [-0.4, -0.2) is 29.0 Å². The number of ether oxygens (including phenoxy) is 1. The summed E-state index contributed by atoms with van der Waals surface area (Å²) in [5.74, 6) is 0.845. The maximum atomic E-state index is 5.74. The van der Waals surface area contributed by atoms with Crippen LogP contribution in [0.2, 0.25) is 0 Å². The lowest BCUT2D eigenvalue weighted by molar-refractivity contribution is 0.194. The lowest BCUT2D eigenvalue weighted by atomic mass is 10.3. The highest BCUT2D eigenvalue weighted by Crippen LogP contribution is 2.10. The molecule has 1 aromatic heterocycles. The normalized spacial score (nSPS) is 12.8. The molecule has 1 heterocycles. The number of nitrogens with one attached hydrogen (secondary N) is 1. The fraction of sp³-hybridized carbons (Fsp3) is 0.700. The summed E-state index contributed by atoms with van der Waals surface area (Å²) >= 11 is 0. The highest BCUT2D eigenvalue weighted by molar-refractivity contribution is 5.11. The second-order valence-corrected chi connectivity index (χ2v) is 3.31. The first kappa shape index (κ1) is 11.0. The summed E-state index contributed by atoms with van der Waals surface area (Å²) in [6.07, 6.45) is 4.87. The van der Waals surface area contributed by atoms with Crippen molar-refractivity contribution >= 4 is 0 Å². The number of hydrogen-bond donors (Lipinski definition) is 1. The SMILES string of the molecule is CCNCC(CC)Oc1cnn(C)c1. The molecule has 4 nitrogen and oxygen atoms in total. The van der Waals surface area contributed by atoms with Crippen LogP contribution in [0.25, 0.3) is 0 Å². The predicted octanol–water partition coefficient (Wildman–Crippen LogP) is 1.19. The molecule has 0 bridgehead atoms. The van der Waals surface area contributed by atoms with Gasteiger partial charge in [0.15, 0.2) is 5.75 Å². The van der Waals surface area contributed by atoms with Gasteiger partial charge < -0.3 is 10.1 Å². The Hall–Kier alpha value is -1.03. The van der Waals surface area contributed by atoms with Crippen LogP contribution in [-0.2, 0) is 7.05 Å². The molecular formula is C10H19N3O. The van der Waals surface area contributed by atoms with E-state index in [1.165, 1.54) is 0 Å². The van der Waals surface area contributed by atoms with E-state index in [0.717, 1.165) is 25.3 Å². The molecule has 4 heteroatoms. The van der Waals surface area contributed by atoms with Gasteiger partial charge in [0, 0.05) is 13.6 Å². The van der Waals surface area contributed by atoms with Gasteiger partial charge in [-0.15, -0.1) is 0 Å². The van der Waals surface area contributed by atoms with Crippen molar-refractivity contribution in [2.45, 2.75) is 26.4 Å². The van der Waals surface area contributed by atoms with E-state index < -0.39 is 0 Å². The summed E-state index contributed by atoms with van der Waals surface area (Å²) in [7, 11) is 1.89. The number of nitrogens with zero attached hydrogens (tertiary/aromatic N) is 2. The molecule has 0 aliphatic rings. The molecule has 0 saturated carbocycles. The van der Waals surface area contributed by atoms with E-state index in [0.29, 0.717) is 0 Å². The van der Waals surface area contributed by atoms with Crippen LogP contribution in [0.5, 0.6) is 5.75 Å². The van der Waals surface area contributed by atoms with Crippen molar-refractivity contribution < 1.29 is 4.74 Å². The van der Waals surface area contributed by atoms with Gasteiger partial charge in [-0.05, 0) is 13.0 Å². The zero-order chi connectivity index (χ0) is 10.4. The zero-order valence-corrected chi connectivity index (χ0v) is 9.16. The first-order valence-electron chi connectivity index (χ1n) is 5.12. The molecule has 0 amide bonds. The van der Waals surface area contributed by atoms with E-state index in [-0.39, 0.29) is 6.10 Å². The number of likely N-dealkylation sites (N-methyl/N-ethyl adjacent to an activating group) is 1. The van der Waals surface area contributed by atoms with Gasteiger partial charge in [-0.3, -0.25) is 4.68 Å². The topological polar surface area (TPSA) is 39.1 Å². The van der Waals surface area contributed by atoms with Crippen molar-refractivity contribution in [1.82, 2.24) is 15.1 Å². The van der Waals surface area contributed by atoms with E-state index in [1.54, 1.807) is 10.9 Å². The predicted molar refractivity (Wildman–Crippen MR) is 56.5 cm³/mol. The van der Waals surface area contributed by atoms with Crippen LogP contribution < -0.4 is 10.1 Å². The average molecular weight is 197 g/mol. The summed E-state index contributed by atoms with van der Waals surface area (Å²) in [5, 5.41) is 7.33. The molecule has 0 radical (unpaired) electrons. The maximum absolute atomic E-state index is 5.74. The Morgan fingerprint density at radius 1 is 1.57 bits per heavy atom. The van der Waals surface area contributed by atoms with E-state index in [4.69, 9.17) is 4.74 Å². The molecule has 0 aliphatic heterocycles. The highest BCUT2D eigenvalue weighted by atomic mass is 16.5. The molecule has 1 atom stereocenters. The average Bonchev–Trinajstić information content (AvgIpc) is 2.58. The van der Waals surface area contributed by atoms with E-state index in [9.17, 15) is 0 Å². The highest BCUT2D eigenvalue weighted by Gasteiger charge is 2.07. The van der Waals surface area contributed by atoms with Gasteiger partial charge in [0.25, 0.3) is 0 Å². The fourth-order valence-corrected chi connectivity index (χ4v) is 1.23. The summed E-state index contributed by atoms with van der Waals surface area (Å²) in [5.41, 5.74) is 0. The Morgan fingerprint density at radius 3 is 2.86 bits per heavy atom. The standard InChI is InChI=1S/C10H19N3O/c1-4-9(6-11-5-2)14-10-7-12-13(3)8-10/h7-9,11H,4-6H2,1-3H3. The van der Waals surface area contributed by atoms with Gasteiger partial charge in [-0.1, -0.05) is 13.8 Å². The minimum absolute atomic E-state index is 0.235. The van der Waals surface area contributed by atoms with Gasteiger partial charge in [0.2, 0.25) is 0 Å². The van der Waals surface area contributed by atoms with Crippen LogP contribution in [0, 0.1) is 0 Å². The number of rotatable bonds is 6. The van der Waals surface area contributed by atoms with Crippen molar-refractivity contribution in [2.24, 2.45) is 7.05 Å². The van der Waals surface area contributed by atoms with Crippen molar-refractivity contribution in [3.8, 4) is 5.75 Å². The summed E-state index contributed by atoms with van der Waals surface area (Å²) in [6, 6.07) is 0. The largest absolute Gasteiger partial charge is 0.486 e.